The molecular formula is C25H34N4O4. The molecule has 2 aliphatic heterocycles. The van der Waals surface area contributed by atoms with Gasteiger partial charge in [0, 0.05) is 37.8 Å². The predicted octanol–water partition coefficient (Wildman–Crippen LogP) is 1.69. The number of amides is 3. The third kappa shape index (κ3) is 4.75. The number of fused-ring (bicyclic) bond motifs is 1. The van der Waals surface area contributed by atoms with Crippen LogP contribution in [0.3, 0.4) is 0 Å². The van der Waals surface area contributed by atoms with Crippen molar-refractivity contribution < 1.29 is 19.2 Å². The minimum Gasteiger partial charge on any atom is -0.378 e. The van der Waals surface area contributed by atoms with E-state index in [-0.39, 0.29) is 47.9 Å². The number of carbonyl (C=O) groups is 4. The first kappa shape index (κ1) is 23.3. The first-order chi connectivity index (χ1) is 15.7. The average Bonchev–Trinajstić information content (AvgIpc) is 3.45. The lowest BCUT2D eigenvalue weighted by molar-refractivity contribution is -0.138. The van der Waals surface area contributed by atoms with Gasteiger partial charge in [-0.25, -0.2) is 0 Å². The molecule has 1 saturated carbocycles. The molecule has 2 unspecified atom stereocenters. The number of benzene rings is 1. The molecule has 0 bridgehead atoms. The standard InChI is InChI=1S/C25H34N4O4/c1-15(2)13-19(26-23(31)16-7-9-18(10-8-16)27(3)4)25(33)28-12-11-20-22(28)21(30)14-29(20)24(32)17-5-6-17/h7-10,15,17,19-20,22H,5-6,11-14H2,1-4H3,(H,26,31)/t19-,20?,22?/m0/s1. The molecular weight excluding hydrogens is 420 g/mol. The number of nitrogens with one attached hydrogen (secondary N) is 1. The van der Waals surface area contributed by atoms with E-state index in [0.717, 1.165) is 18.5 Å². The number of Topliss-reactive ketones (excluding diaryl/α,β-unsaturated/α-hetero) is 1. The van der Waals surface area contributed by atoms with E-state index in [1.807, 2.05) is 45.0 Å². The molecule has 1 aromatic carbocycles. The highest BCUT2D eigenvalue weighted by Crippen LogP contribution is 2.37. The molecule has 0 radical (unpaired) electrons. The van der Waals surface area contributed by atoms with Crippen molar-refractivity contribution in [3.8, 4) is 0 Å². The zero-order valence-corrected chi connectivity index (χ0v) is 19.9. The van der Waals surface area contributed by atoms with Crippen molar-refractivity contribution in [2.75, 3.05) is 32.1 Å². The van der Waals surface area contributed by atoms with Gasteiger partial charge in [0.15, 0.2) is 5.78 Å². The van der Waals surface area contributed by atoms with Crippen molar-refractivity contribution in [2.45, 2.75) is 57.7 Å². The predicted molar refractivity (Wildman–Crippen MR) is 125 cm³/mol. The second kappa shape index (κ2) is 9.15. The van der Waals surface area contributed by atoms with Crippen LogP contribution in [0.5, 0.6) is 0 Å². The number of carbonyl (C=O) groups excluding carboxylic acids is 4. The molecule has 3 atom stereocenters. The molecule has 8 heteroatoms. The van der Waals surface area contributed by atoms with E-state index in [9.17, 15) is 19.2 Å². The zero-order chi connectivity index (χ0) is 23.9. The Balaban J connectivity index is 1.48. The molecule has 3 aliphatic rings. The van der Waals surface area contributed by atoms with Crippen LogP contribution in [0.15, 0.2) is 24.3 Å². The van der Waals surface area contributed by atoms with Crippen molar-refractivity contribution in [3.63, 3.8) is 0 Å². The maximum absolute atomic E-state index is 13.6. The molecule has 1 aliphatic carbocycles. The summed E-state index contributed by atoms with van der Waals surface area (Å²) in [6.45, 7) is 4.52. The summed E-state index contributed by atoms with van der Waals surface area (Å²) < 4.78 is 0. The molecule has 0 spiro atoms. The lowest BCUT2D eigenvalue weighted by atomic mass is 10.0. The van der Waals surface area contributed by atoms with E-state index in [4.69, 9.17) is 0 Å². The van der Waals surface area contributed by atoms with Crippen molar-refractivity contribution >= 4 is 29.2 Å². The number of likely N-dealkylation sites (tertiary alicyclic amines) is 2. The maximum Gasteiger partial charge on any atom is 0.251 e. The minimum absolute atomic E-state index is 0.0492. The van der Waals surface area contributed by atoms with Crippen LogP contribution in [0.2, 0.25) is 0 Å². The van der Waals surface area contributed by atoms with Gasteiger partial charge < -0.3 is 20.0 Å². The summed E-state index contributed by atoms with van der Waals surface area (Å²) in [4.78, 5) is 57.2. The molecule has 0 aromatic heterocycles. The van der Waals surface area contributed by atoms with Crippen LogP contribution >= 0.6 is 0 Å². The first-order valence-corrected chi connectivity index (χ1v) is 11.9. The highest BCUT2D eigenvalue weighted by molar-refractivity contribution is 6.01. The van der Waals surface area contributed by atoms with Gasteiger partial charge in [-0.05, 0) is 55.9 Å². The number of anilines is 1. The fourth-order valence-corrected chi connectivity index (χ4v) is 4.97. The molecule has 4 rings (SSSR count). The molecule has 1 N–H and O–H groups in total. The van der Waals surface area contributed by atoms with Gasteiger partial charge in [0.1, 0.15) is 12.1 Å². The van der Waals surface area contributed by atoms with E-state index in [1.165, 1.54) is 0 Å². The van der Waals surface area contributed by atoms with E-state index >= 15 is 0 Å². The Kier molecular flexibility index (Phi) is 6.45. The average molecular weight is 455 g/mol. The lowest BCUT2D eigenvalue weighted by Gasteiger charge is -2.29. The number of nitrogens with zero attached hydrogens (tertiary/aromatic N) is 3. The van der Waals surface area contributed by atoms with Crippen LogP contribution in [0, 0.1) is 11.8 Å². The summed E-state index contributed by atoms with van der Waals surface area (Å²) in [5.74, 6) is -0.330. The number of rotatable bonds is 7. The second-order valence-electron chi connectivity index (χ2n) is 10.1. The van der Waals surface area contributed by atoms with Gasteiger partial charge in [0.25, 0.3) is 5.91 Å². The van der Waals surface area contributed by atoms with Gasteiger partial charge in [-0.3, -0.25) is 19.2 Å². The SMILES string of the molecule is CC(C)C[C@H](NC(=O)c1ccc(N(C)C)cc1)C(=O)N1CCC2C1C(=O)CN2C(=O)C1CC1. The zero-order valence-electron chi connectivity index (χ0n) is 19.9. The highest BCUT2D eigenvalue weighted by atomic mass is 16.2. The Morgan fingerprint density at radius 3 is 2.30 bits per heavy atom. The van der Waals surface area contributed by atoms with E-state index in [0.29, 0.717) is 24.9 Å². The Labute approximate surface area is 195 Å². The van der Waals surface area contributed by atoms with Gasteiger partial charge >= 0.3 is 0 Å². The molecule has 8 nitrogen and oxygen atoms in total. The molecule has 2 saturated heterocycles. The third-order valence-corrected chi connectivity index (χ3v) is 6.87. The van der Waals surface area contributed by atoms with Crippen LogP contribution in [-0.2, 0) is 14.4 Å². The van der Waals surface area contributed by atoms with Gasteiger partial charge in [0.05, 0.1) is 12.6 Å². The van der Waals surface area contributed by atoms with Gasteiger partial charge in [-0.1, -0.05) is 13.8 Å². The first-order valence-electron chi connectivity index (χ1n) is 11.9. The molecule has 1 aromatic rings. The van der Waals surface area contributed by atoms with Crippen LogP contribution in [0.1, 0.15) is 49.9 Å². The topological polar surface area (TPSA) is 90.0 Å². The van der Waals surface area contributed by atoms with Crippen molar-refractivity contribution in [1.82, 2.24) is 15.1 Å². The van der Waals surface area contributed by atoms with Gasteiger partial charge in [-0.2, -0.15) is 0 Å². The van der Waals surface area contributed by atoms with Crippen molar-refractivity contribution in [1.29, 1.82) is 0 Å². The maximum atomic E-state index is 13.6. The quantitative estimate of drug-likeness (QED) is 0.677. The molecule has 3 fully saturated rings. The number of ketones is 1. The molecule has 2 heterocycles. The Morgan fingerprint density at radius 1 is 1.06 bits per heavy atom. The largest absolute Gasteiger partial charge is 0.378 e. The van der Waals surface area contributed by atoms with Gasteiger partial charge in [0.2, 0.25) is 11.8 Å². The second-order valence-corrected chi connectivity index (χ2v) is 10.1. The van der Waals surface area contributed by atoms with E-state index < -0.39 is 12.1 Å². The van der Waals surface area contributed by atoms with Crippen molar-refractivity contribution in [3.05, 3.63) is 29.8 Å². The third-order valence-electron chi connectivity index (χ3n) is 6.87. The Bertz CT molecular complexity index is 938. The summed E-state index contributed by atoms with van der Waals surface area (Å²) in [6.07, 6.45) is 2.87. The fourth-order valence-electron chi connectivity index (χ4n) is 4.97. The molecule has 178 valence electrons. The van der Waals surface area contributed by atoms with Crippen LogP contribution in [0.4, 0.5) is 5.69 Å². The van der Waals surface area contributed by atoms with E-state index in [1.54, 1.807) is 21.9 Å². The highest BCUT2D eigenvalue weighted by Gasteiger charge is 2.53. The lowest BCUT2D eigenvalue weighted by Crippen LogP contribution is -2.53. The number of hydrogen-bond donors (Lipinski definition) is 1. The summed E-state index contributed by atoms with van der Waals surface area (Å²) >= 11 is 0. The normalized spacial score (nSPS) is 23.0. The van der Waals surface area contributed by atoms with Crippen LogP contribution in [0.25, 0.3) is 0 Å². The van der Waals surface area contributed by atoms with Crippen LogP contribution in [-0.4, -0.2) is 78.6 Å². The molecule has 33 heavy (non-hydrogen) atoms. The fraction of sp³-hybridized carbons (Fsp3) is 0.600. The van der Waals surface area contributed by atoms with Crippen molar-refractivity contribution in [2.24, 2.45) is 11.8 Å². The monoisotopic (exact) mass is 454 g/mol. The number of hydrogen-bond acceptors (Lipinski definition) is 5. The van der Waals surface area contributed by atoms with Gasteiger partial charge in [-0.15, -0.1) is 0 Å². The van der Waals surface area contributed by atoms with E-state index in [2.05, 4.69) is 5.32 Å². The summed E-state index contributed by atoms with van der Waals surface area (Å²) in [7, 11) is 3.86. The summed E-state index contributed by atoms with van der Waals surface area (Å²) in [6, 6.07) is 5.68. The Morgan fingerprint density at radius 2 is 1.73 bits per heavy atom. The Hall–Kier alpha value is -2.90. The van der Waals surface area contributed by atoms with Crippen LogP contribution < -0.4 is 10.2 Å². The minimum atomic E-state index is -0.717. The molecule has 3 amide bonds. The summed E-state index contributed by atoms with van der Waals surface area (Å²) in [5.41, 5.74) is 1.47. The summed E-state index contributed by atoms with van der Waals surface area (Å²) in [5, 5.41) is 2.91. The smallest absolute Gasteiger partial charge is 0.251 e.